The number of amides is 1. The Hall–Kier alpha value is -2.09. The van der Waals surface area contributed by atoms with Crippen molar-refractivity contribution in [2.75, 3.05) is 11.1 Å². The maximum absolute atomic E-state index is 12.4. The summed E-state index contributed by atoms with van der Waals surface area (Å²) in [4.78, 5) is 12.4. The third-order valence-corrected chi connectivity index (χ3v) is 5.60. The van der Waals surface area contributed by atoms with Gasteiger partial charge in [0.25, 0.3) is 0 Å². The van der Waals surface area contributed by atoms with Crippen LogP contribution in [0.25, 0.3) is 11.4 Å². The van der Waals surface area contributed by atoms with E-state index in [-0.39, 0.29) is 11.7 Å². The molecule has 0 aliphatic carbocycles. The number of aromatic nitrogens is 3. The van der Waals surface area contributed by atoms with Crippen LogP contribution >= 0.6 is 39.3 Å². The second-order valence-electron chi connectivity index (χ2n) is 6.01. The third kappa shape index (κ3) is 5.04. The molecule has 0 unspecified atom stereocenters. The first-order chi connectivity index (χ1) is 13.5. The summed E-state index contributed by atoms with van der Waals surface area (Å²) in [5, 5.41) is 12.7. The molecule has 1 aromatic heterocycles. The number of carbonyl (C=O) groups excluding carboxylic acids is 1. The minimum atomic E-state index is -0.104. The van der Waals surface area contributed by atoms with E-state index in [1.165, 1.54) is 11.8 Å². The van der Waals surface area contributed by atoms with Gasteiger partial charge in [0.2, 0.25) is 5.91 Å². The molecule has 0 aliphatic rings. The van der Waals surface area contributed by atoms with Crippen LogP contribution in [0.15, 0.2) is 64.7 Å². The van der Waals surface area contributed by atoms with Gasteiger partial charge in [-0.2, -0.15) is 0 Å². The van der Waals surface area contributed by atoms with Gasteiger partial charge in [0.1, 0.15) is 0 Å². The number of rotatable bonds is 7. The number of hydrogen-bond acceptors (Lipinski definition) is 4. The summed E-state index contributed by atoms with van der Waals surface area (Å²) in [6.07, 6.45) is 1.77. The number of hydrogen-bond donors (Lipinski definition) is 1. The Labute approximate surface area is 181 Å². The molecule has 3 aromatic rings. The van der Waals surface area contributed by atoms with Crippen LogP contribution in [0.4, 0.5) is 5.69 Å². The SMILES string of the molecule is C=CCn1c(SCC(=O)Nc2ccc(Br)cc2C)nnc1-c1cccc(Cl)c1. The Morgan fingerprint density at radius 3 is 2.86 bits per heavy atom. The molecule has 0 radical (unpaired) electrons. The minimum absolute atomic E-state index is 0.104. The summed E-state index contributed by atoms with van der Waals surface area (Å²) in [6.45, 7) is 6.28. The van der Waals surface area contributed by atoms with E-state index in [1.54, 1.807) is 6.08 Å². The highest BCUT2D eigenvalue weighted by Crippen LogP contribution is 2.26. The Kier molecular flexibility index (Phi) is 6.93. The molecule has 0 atom stereocenters. The van der Waals surface area contributed by atoms with Crippen LogP contribution in [0, 0.1) is 6.92 Å². The van der Waals surface area contributed by atoms with Crippen molar-refractivity contribution in [2.24, 2.45) is 0 Å². The van der Waals surface area contributed by atoms with Crippen LogP contribution in [-0.4, -0.2) is 26.4 Å². The molecule has 3 rings (SSSR count). The van der Waals surface area contributed by atoms with Crippen molar-refractivity contribution in [2.45, 2.75) is 18.6 Å². The second kappa shape index (κ2) is 9.41. The molecular formula is C20H18BrClN4OS. The maximum atomic E-state index is 12.4. The molecule has 0 saturated carbocycles. The summed E-state index contributed by atoms with van der Waals surface area (Å²) >= 11 is 10.8. The summed E-state index contributed by atoms with van der Waals surface area (Å²) in [5.41, 5.74) is 2.65. The highest BCUT2D eigenvalue weighted by Gasteiger charge is 2.15. The van der Waals surface area contributed by atoms with Crippen LogP contribution in [0.3, 0.4) is 0 Å². The van der Waals surface area contributed by atoms with E-state index < -0.39 is 0 Å². The number of nitrogens with one attached hydrogen (secondary N) is 1. The Morgan fingerprint density at radius 1 is 1.32 bits per heavy atom. The molecule has 28 heavy (non-hydrogen) atoms. The third-order valence-electron chi connectivity index (χ3n) is 3.91. The van der Waals surface area contributed by atoms with Gasteiger partial charge in [-0.3, -0.25) is 9.36 Å². The number of carbonyl (C=O) groups is 1. The lowest BCUT2D eigenvalue weighted by molar-refractivity contribution is -0.113. The van der Waals surface area contributed by atoms with Crippen LogP contribution in [0.5, 0.6) is 0 Å². The van der Waals surface area contributed by atoms with Gasteiger partial charge in [0.15, 0.2) is 11.0 Å². The fourth-order valence-electron chi connectivity index (χ4n) is 2.61. The zero-order valence-corrected chi connectivity index (χ0v) is 18.3. The molecular weight excluding hydrogens is 460 g/mol. The average Bonchev–Trinajstić information content (AvgIpc) is 3.05. The topological polar surface area (TPSA) is 59.8 Å². The Balaban J connectivity index is 1.73. The predicted octanol–water partition coefficient (Wildman–Crippen LogP) is 5.59. The summed E-state index contributed by atoms with van der Waals surface area (Å²) in [5.74, 6) is 0.808. The molecule has 1 amide bonds. The highest BCUT2D eigenvalue weighted by molar-refractivity contribution is 9.10. The second-order valence-corrected chi connectivity index (χ2v) is 8.31. The van der Waals surface area contributed by atoms with Crippen LogP contribution < -0.4 is 5.32 Å². The molecule has 1 N–H and O–H groups in total. The summed E-state index contributed by atoms with van der Waals surface area (Å²) in [7, 11) is 0. The quantitative estimate of drug-likeness (QED) is 0.356. The largest absolute Gasteiger partial charge is 0.325 e. The Bertz CT molecular complexity index is 1020. The van der Waals surface area contributed by atoms with Crippen molar-refractivity contribution >= 4 is 50.9 Å². The van der Waals surface area contributed by atoms with Crippen molar-refractivity contribution in [3.05, 3.63) is 70.2 Å². The van der Waals surface area contributed by atoms with E-state index in [0.717, 1.165) is 21.3 Å². The van der Waals surface area contributed by atoms with Gasteiger partial charge in [-0.25, -0.2) is 0 Å². The van der Waals surface area contributed by atoms with Gasteiger partial charge in [-0.15, -0.1) is 16.8 Å². The number of benzene rings is 2. The number of allylic oxidation sites excluding steroid dienone is 1. The molecule has 0 spiro atoms. The highest BCUT2D eigenvalue weighted by atomic mass is 79.9. The monoisotopic (exact) mass is 476 g/mol. The van der Waals surface area contributed by atoms with Gasteiger partial charge in [0.05, 0.1) is 5.75 Å². The van der Waals surface area contributed by atoms with E-state index >= 15 is 0 Å². The number of anilines is 1. The lowest BCUT2D eigenvalue weighted by atomic mass is 10.2. The maximum Gasteiger partial charge on any atom is 0.234 e. The van der Waals surface area contributed by atoms with Gasteiger partial charge in [0, 0.05) is 27.3 Å². The Morgan fingerprint density at radius 2 is 2.14 bits per heavy atom. The van der Waals surface area contributed by atoms with Gasteiger partial charge >= 0.3 is 0 Å². The standard InChI is InChI=1S/C20H18BrClN4OS/c1-3-9-26-19(14-5-4-6-16(22)11-14)24-25-20(26)28-12-18(27)23-17-8-7-15(21)10-13(17)2/h3-8,10-11H,1,9,12H2,2H3,(H,23,27). The van der Waals surface area contributed by atoms with Crippen molar-refractivity contribution < 1.29 is 4.79 Å². The molecule has 0 saturated heterocycles. The minimum Gasteiger partial charge on any atom is -0.325 e. The first kappa shape index (κ1) is 20.6. The number of aryl methyl sites for hydroxylation is 1. The zero-order valence-electron chi connectivity index (χ0n) is 15.2. The van der Waals surface area contributed by atoms with E-state index in [1.807, 2.05) is 54.0 Å². The molecule has 5 nitrogen and oxygen atoms in total. The fraction of sp³-hybridized carbons (Fsp3) is 0.150. The normalized spacial score (nSPS) is 10.7. The smallest absolute Gasteiger partial charge is 0.234 e. The van der Waals surface area contributed by atoms with Crippen LogP contribution in [0.2, 0.25) is 5.02 Å². The number of halogens is 2. The molecule has 1 heterocycles. The first-order valence-corrected chi connectivity index (χ1v) is 10.6. The lowest BCUT2D eigenvalue weighted by Gasteiger charge is -2.10. The van der Waals surface area contributed by atoms with Crippen LogP contribution in [-0.2, 0) is 11.3 Å². The van der Waals surface area contributed by atoms with Gasteiger partial charge in [-0.05, 0) is 42.8 Å². The number of thioether (sulfide) groups is 1. The summed E-state index contributed by atoms with van der Waals surface area (Å²) in [6, 6.07) is 13.2. The van der Waals surface area contributed by atoms with Crippen LogP contribution in [0.1, 0.15) is 5.56 Å². The van der Waals surface area contributed by atoms with Crippen molar-refractivity contribution in [3.8, 4) is 11.4 Å². The summed E-state index contributed by atoms with van der Waals surface area (Å²) < 4.78 is 2.89. The zero-order chi connectivity index (χ0) is 20.1. The first-order valence-electron chi connectivity index (χ1n) is 8.46. The van der Waals surface area contributed by atoms with Crippen molar-refractivity contribution in [1.82, 2.24) is 14.8 Å². The van der Waals surface area contributed by atoms with Crippen molar-refractivity contribution in [1.29, 1.82) is 0 Å². The van der Waals surface area contributed by atoms with E-state index in [4.69, 9.17) is 11.6 Å². The van der Waals surface area contributed by atoms with E-state index in [2.05, 4.69) is 38.0 Å². The molecule has 2 aromatic carbocycles. The molecule has 8 heteroatoms. The van der Waals surface area contributed by atoms with E-state index in [9.17, 15) is 4.79 Å². The number of nitrogens with zero attached hydrogens (tertiary/aromatic N) is 3. The molecule has 0 fully saturated rings. The molecule has 0 bridgehead atoms. The fourth-order valence-corrected chi connectivity index (χ4v) is 4.03. The van der Waals surface area contributed by atoms with Crippen molar-refractivity contribution in [3.63, 3.8) is 0 Å². The van der Waals surface area contributed by atoms with Gasteiger partial charge < -0.3 is 5.32 Å². The van der Waals surface area contributed by atoms with E-state index in [0.29, 0.717) is 22.5 Å². The average molecular weight is 478 g/mol. The lowest BCUT2D eigenvalue weighted by Crippen LogP contribution is -2.15. The molecule has 0 aliphatic heterocycles. The van der Waals surface area contributed by atoms with Gasteiger partial charge in [-0.1, -0.05) is 57.5 Å². The predicted molar refractivity (Wildman–Crippen MR) is 119 cm³/mol. The molecule has 144 valence electrons.